The average Bonchev–Trinajstić information content (AvgIpc) is 2.71. The van der Waals surface area contributed by atoms with Crippen molar-refractivity contribution in [2.75, 3.05) is 7.05 Å². The van der Waals surface area contributed by atoms with Crippen LogP contribution in [0.5, 0.6) is 0 Å². The summed E-state index contributed by atoms with van der Waals surface area (Å²) in [5.41, 5.74) is 3.36. The standard InChI is InChI=1S/C14H18ClN3/c1-4-18-13(8-10(2)17-18)14(16-3)11-6-5-7-12(15)9-11/h5-9,14,16H,4H2,1-3H3. The molecule has 1 aromatic carbocycles. The van der Waals surface area contributed by atoms with Crippen molar-refractivity contribution >= 4 is 11.6 Å². The predicted molar refractivity (Wildman–Crippen MR) is 75.0 cm³/mol. The van der Waals surface area contributed by atoms with Gasteiger partial charge in [0.15, 0.2) is 0 Å². The van der Waals surface area contributed by atoms with E-state index in [1.807, 2.05) is 36.9 Å². The summed E-state index contributed by atoms with van der Waals surface area (Å²) in [6.07, 6.45) is 0. The van der Waals surface area contributed by atoms with Crippen LogP contribution in [0.25, 0.3) is 0 Å². The maximum atomic E-state index is 6.06. The summed E-state index contributed by atoms with van der Waals surface area (Å²) < 4.78 is 2.03. The second kappa shape index (κ2) is 5.55. The third-order valence-electron chi connectivity index (χ3n) is 3.00. The lowest BCUT2D eigenvalue weighted by atomic mass is 10.0. The SMILES string of the molecule is CCn1nc(C)cc1C(NC)c1cccc(Cl)c1. The molecule has 0 saturated heterocycles. The number of nitrogens with zero attached hydrogens (tertiary/aromatic N) is 2. The van der Waals surface area contributed by atoms with Crippen molar-refractivity contribution < 1.29 is 0 Å². The highest BCUT2D eigenvalue weighted by Gasteiger charge is 2.17. The summed E-state index contributed by atoms with van der Waals surface area (Å²) in [6, 6.07) is 10.2. The minimum absolute atomic E-state index is 0.116. The van der Waals surface area contributed by atoms with Gasteiger partial charge in [-0.2, -0.15) is 5.10 Å². The fourth-order valence-electron chi connectivity index (χ4n) is 2.22. The topological polar surface area (TPSA) is 29.9 Å². The van der Waals surface area contributed by atoms with Gasteiger partial charge in [0.05, 0.1) is 17.4 Å². The van der Waals surface area contributed by atoms with Gasteiger partial charge in [-0.3, -0.25) is 4.68 Å². The molecule has 0 radical (unpaired) electrons. The molecule has 1 N–H and O–H groups in total. The number of hydrogen-bond donors (Lipinski definition) is 1. The zero-order valence-corrected chi connectivity index (χ0v) is 11.7. The summed E-state index contributed by atoms with van der Waals surface area (Å²) in [5.74, 6) is 0. The lowest BCUT2D eigenvalue weighted by Crippen LogP contribution is -2.21. The molecule has 0 bridgehead atoms. The Morgan fingerprint density at radius 3 is 2.78 bits per heavy atom. The van der Waals surface area contributed by atoms with Crippen LogP contribution in [0.2, 0.25) is 5.02 Å². The monoisotopic (exact) mass is 263 g/mol. The van der Waals surface area contributed by atoms with Gasteiger partial charge in [0, 0.05) is 11.6 Å². The number of benzene rings is 1. The second-order valence-corrected chi connectivity index (χ2v) is 4.74. The van der Waals surface area contributed by atoms with Crippen molar-refractivity contribution in [1.82, 2.24) is 15.1 Å². The van der Waals surface area contributed by atoms with Crippen LogP contribution in [0, 0.1) is 6.92 Å². The van der Waals surface area contributed by atoms with Crippen LogP contribution in [0.3, 0.4) is 0 Å². The van der Waals surface area contributed by atoms with Gasteiger partial charge in [-0.05, 0) is 44.7 Å². The summed E-state index contributed by atoms with van der Waals surface area (Å²) >= 11 is 6.06. The Kier molecular flexibility index (Phi) is 4.04. The first-order valence-electron chi connectivity index (χ1n) is 6.12. The first-order chi connectivity index (χ1) is 8.65. The van der Waals surface area contributed by atoms with E-state index in [9.17, 15) is 0 Å². The first kappa shape index (κ1) is 13.1. The first-order valence-corrected chi connectivity index (χ1v) is 6.50. The van der Waals surface area contributed by atoms with E-state index in [4.69, 9.17) is 11.6 Å². The van der Waals surface area contributed by atoms with Gasteiger partial charge in [-0.25, -0.2) is 0 Å². The Bertz CT molecular complexity index is 534. The Labute approximate surface area is 113 Å². The fourth-order valence-corrected chi connectivity index (χ4v) is 2.42. The maximum absolute atomic E-state index is 6.06. The van der Waals surface area contributed by atoms with Crippen LogP contribution >= 0.6 is 11.6 Å². The summed E-state index contributed by atoms with van der Waals surface area (Å²) in [5, 5.41) is 8.58. The van der Waals surface area contributed by atoms with Gasteiger partial charge in [0.2, 0.25) is 0 Å². The van der Waals surface area contributed by atoms with E-state index >= 15 is 0 Å². The van der Waals surface area contributed by atoms with Gasteiger partial charge in [-0.1, -0.05) is 23.7 Å². The van der Waals surface area contributed by atoms with E-state index in [0.717, 1.165) is 22.8 Å². The molecule has 4 heteroatoms. The molecule has 0 aliphatic carbocycles. The molecule has 96 valence electrons. The number of rotatable bonds is 4. The molecule has 2 aromatic rings. The van der Waals surface area contributed by atoms with E-state index in [-0.39, 0.29) is 6.04 Å². The van der Waals surface area contributed by atoms with Crippen LogP contribution in [0.15, 0.2) is 30.3 Å². The van der Waals surface area contributed by atoms with E-state index < -0.39 is 0 Å². The summed E-state index contributed by atoms with van der Waals surface area (Å²) in [4.78, 5) is 0. The Hall–Kier alpha value is -1.32. The van der Waals surface area contributed by atoms with Crippen molar-refractivity contribution in [3.05, 3.63) is 52.3 Å². The van der Waals surface area contributed by atoms with Crippen LogP contribution in [-0.2, 0) is 6.54 Å². The van der Waals surface area contributed by atoms with E-state index in [2.05, 4.69) is 29.5 Å². The van der Waals surface area contributed by atoms with Crippen molar-refractivity contribution in [3.63, 3.8) is 0 Å². The molecule has 18 heavy (non-hydrogen) atoms. The van der Waals surface area contributed by atoms with Gasteiger partial charge in [0.1, 0.15) is 0 Å². The van der Waals surface area contributed by atoms with Crippen LogP contribution in [0.1, 0.15) is 29.9 Å². The Morgan fingerprint density at radius 2 is 2.17 bits per heavy atom. The lowest BCUT2D eigenvalue weighted by molar-refractivity contribution is 0.561. The third-order valence-corrected chi connectivity index (χ3v) is 3.23. The molecule has 0 spiro atoms. The largest absolute Gasteiger partial charge is 0.308 e. The molecular weight excluding hydrogens is 246 g/mol. The second-order valence-electron chi connectivity index (χ2n) is 4.30. The van der Waals surface area contributed by atoms with Crippen molar-refractivity contribution in [1.29, 1.82) is 0 Å². The minimum Gasteiger partial charge on any atom is -0.308 e. The normalized spacial score (nSPS) is 12.7. The highest BCUT2D eigenvalue weighted by molar-refractivity contribution is 6.30. The van der Waals surface area contributed by atoms with Gasteiger partial charge in [-0.15, -0.1) is 0 Å². The lowest BCUT2D eigenvalue weighted by Gasteiger charge is -2.18. The van der Waals surface area contributed by atoms with Gasteiger partial charge in [0.25, 0.3) is 0 Å². The fraction of sp³-hybridized carbons (Fsp3) is 0.357. The predicted octanol–water partition coefficient (Wildman–Crippen LogP) is 3.17. The highest BCUT2D eigenvalue weighted by Crippen LogP contribution is 2.24. The number of hydrogen-bond acceptors (Lipinski definition) is 2. The molecule has 3 nitrogen and oxygen atoms in total. The molecule has 1 atom stereocenters. The van der Waals surface area contributed by atoms with Crippen LogP contribution in [-0.4, -0.2) is 16.8 Å². The molecule has 0 aliphatic heterocycles. The van der Waals surface area contributed by atoms with Crippen molar-refractivity contribution in [2.24, 2.45) is 0 Å². The molecular formula is C14H18ClN3. The Balaban J connectivity index is 2.44. The zero-order chi connectivity index (χ0) is 13.1. The molecule has 0 fully saturated rings. The van der Waals surface area contributed by atoms with Crippen molar-refractivity contribution in [2.45, 2.75) is 26.4 Å². The van der Waals surface area contributed by atoms with Gasteiger partial charge >= 0.3 is 0 Å². The number of aryl methyl sites for hydroxylation is 2. The zero-order valence-electron chi connectivity index (χ0n) is 10.9. The smallest absolute Gasteiger partial charge is 0.0746 e. The van der Waals surface area contributed by atoms with Crippen molar-refractivity contribution in [3.8, 4) is 0 Å². The Morgan fingerprint density at radius 1 is 1.39 bits per heavy atom. The molecule has 1 unspecified atom stereocenters. The van der Waals surface area contributed by atoms with E-state index in [1.54, 1.807) is 0 Å². The molecule has 1 aromatic heterocycles. The van der Waals surface area contributed by atoms with Crippen LogP contribution < -0.4 is 5.32 Å². The molecule has 1 heterocycles. The highest BCUT2D eigenvalue weighted by atomic mass is 35.5. The van der Waals surface area contributed by atoms with E-state index in [0.29, 0.717) is 0 Å². The number of aromatic nitrogens is 2. The van der Waals surface area contributed by atoms with Crippen LogP contribution in [0.4, 0.5) is 0 Å². The quantitative estimate of drug-likeness (QED) is 0.918. The molecule has 0 amide bonds. The number of nitrogens with one attached hydrogen (secondary N) is 1. The average molecular weight is 264 g/mol. The third kappa shape index (κ3) is 2.57. The molecule has 0 aliphatic rings. The minimum atomic E-state index is 0.116. The maximum Gasteiger partial charge on any atom is 0.0746 e. The number of halogens is 1. The van der Waals surface area contributed by atoms with Gasteiger partial charge < -0.3 is 5.32 Å². The summed E-state index contributed by atoms with van der Waals surface area (Å²) in [7, 11) is 1.95. The molecule has 2 rings (SSSR count). The summed E-state index contributed by atoms with van der Waals surface area (Å²) in [6.45, 7) is 4.98. The molecule has 0 saturated carbocycles. The van der Waals surface area contributed by atoms with E-state index in [1.165, 1.54) is 5.69 Å².